The Labute approximate surface area is 139 Å². The van der Waals surface area contributed by atoms with E-state index >= 15 is 0 Å². The molecule has 8 nitrogen and oxygen atoms in total. The van der Waals surface area contributed by atoms with Gasteiger partial charge in [0.2, 0.25) is 0 Å². The van der Waals surface area contributed by atoms with E-state index in [2.05, 4.69) is 0 Å². The minimum atomic E-state index is -4.40. The summed E-state index contributed by atoms with van der Waals surface area (Å²) in [5, 5.41) is 0. The molecule has 2 aromatic rings. The summed E-state index contributed by atoms with van der Waals surface area (Å²) in [6, 6.07) is 9.94. The van der Waals surface area contributed by atoms with Gasteiger partial charge in [-0.1, -0.05) is 0 Å². The highest BCUT2D eigenvalue weighted by Crippen LogP contribution is 2.47. The Hall–Kier alpha value is -1.40. The zero-order valence-electron chi connectivity index (χ0n) is 13.2. The van der Waals surface area contributed by atoms with Gasteiger partial charge >= 0.3 is 15.2 Å². The Morgan fingerprint density at radius 3 is 1.38 bits per heavy atom. The zero-order valence-corrected chi connectivity index (χ0v) is 15.0. The first-order valence-electron chi connectivity index (χ1n) is 7.14. The highest BCUT2D eigenvalue weighted by Gasteiger charge is 2.40. The van der Waals surface area contributed by atoms with Gasteiger partial charge in [0.05, 0.1) is 0 Å². The SMILES string of the molecule is CC([n+]1ccccc1-c1cccc[n+]1C(C)P(=O)(O)O)P(=O)(O)O. The molecule has 0 aliphatic heterocycles. The molecule has 2 unspecified atom stereocenters. The summed E-state index contributed by atoms with van der Waals surface area (Å²) < 4.78 is 26.1. The minimum absolute atomic E-state index is 0.439. The fourth-order valence-electron chi connectivity index (χ4n) is 2.32. The molecule has 0 aliphatic carbocycles. The number of nitrogens with zero attached hydrogens (tertiary/aromatic N) is 2. The Bertz CT molecular complexity index is 762. The first-order valence-corrected chi connectivity index (χ1v) is 10.5. The number of pyridine rings is 2. The minimum Gasteiger partial charge on any atom is -0.320 e. The molecule has 2 atom stereocenters. The van der Waals surface area contributed by atoms with Crippen LogP contribution in [0.4, 0.5) is 0 Å². The standard InChI is InChI=1S/C14H18N2O6P2/c1-11(23(17,18)19)15-9-5-3-7-13(15)14-8-4-6-10-16(14)12(2)24(20,21)22/h3-12H,1-2H3,(H2-2,17,18,19,20,21,22)/p+2. The van der Waals surface area contributed by atoms with Gasteiger partial charge in [-0.05, 0) is 12.1 Å². The second-order valence-corrected chi connectivity index (χ2v) is 9.28. The summed E-state index contributed by atoms with van der Waals surface area (Å²) in [7, 11) is -8.79. The summed E-state index contributed by atoms with van der Waals surface area (Å²) >= 11 is 0. The van der Waals surface area contributed by atoms with Crippen LogP contribution in [0.2, 0.25) is 0 Å². The number of aromatic nitrogens is 2. The van der Waals surface area contributed by atoms with Crippen LogP contribution in [-0.2, 0) is 9.13 Å². The van der Waals surface area contributed by atoms with Gasteiger partial charge in [-0.25, -0.2) is 0 Å². The average Bonchev–Trinajstić information content (AvgIpc) is 2.51. The van der Waals surface area contributed by atoms with E-state index in [-0.39, 0.29) is 0 Å². The molecule has 0 bridgehead atoms. The van der Waals surface area contributed by atoms with Crippen molar-refractivity contribution in [2.75, 3.05) is 0 Å². The molecule has 2 rings (SSSR count). The molecule has 2 aromatic heterocycles. The summed E-state index contributed by atoms with van der Waals surface area (Å²) in [6.45, 7) is 2.79. The molecule has 130 valence electrons. The predicted octanol–water partition coefficient (Wildman–Crippen LogP) is 1.32. The third kappa shape index (κ3) is 3.98. The van der Waals surface area contributed by atoms with Gasteiger partial charge in [-0.3, -0.25) is 9.13 Å². The van der Waals surface area contributed by atoms with E-state index in [1.807, 2.05) is 0 Å². The average molecular weight is 374 g/mol. The second-order valence-electron chi connectivity index (χ2n) is 5.43. The van der Waals surface area contributed by atoms with Crippen molar-refractivity contribution < 1.29 is 37.8 Å². The van der Waals surface area contributed by atoms with Gasteiger partial charge in [0.25, 0.3) is 23.0 Å². The summed E-state index contributed by atoms with van der Waals surface area (Å²) in [4.78, 5) is 37.9. The molecule has 0 saturated heterocycles. The molecule has 0 aromatic carbocycles. The van der Waals surface area contributed by atoms with Crippen LogP contribution in [-0.4, -0.2) is 19.6 Å². The van der Waals surface area contributed by atoms with Crippen LogP contribution < -0.4 is 9.13 Å². The molecule has 10 heteroatoms. The maximum absolute atomic E-state index is 11.6. The molecule has 24 heavy (non-hydrogen) atoms. The van der Waals surface area contributed by atoms with Crippen molar-refractivity contribution in [3.63, 3.8) is 0 Å². The van der Waals surface area contributed by atoms with E-state index in [4.69, 9.17) is 0 Å². The Morgan fingerprint density at radius 2 is 1.08 bits per heavy atom. The van der Waals surface area contributed by atoms with Crippen LogP contribution >= 0.6 is 15.2 Å². The van der Waals surface area contributed by atoms with E-state index in [1.165, 1.54) is 35.4 Å². The van der Waals surface area contributed by atoms with Crippen LogP contribution in [0.15, 0.2) is 48.8 Å². The summed E-state index contributed by atoms with van der Waals surface area (Å²) in [5.41, 5.74) is 0.878. The molecule has 0 saturated carbocycles. The summed E-state index contributed by atoms with van der Waals surface area (Å²) in [6.07, 6.45) is 3.05. The van der Waals surface area contributed by atoms with Crippen LogP contribution in [0.5, 0.6) is 0 Å². The Morgan fingerprint density at radius 1 is 0.750 bits per heavy atom. The summed E-state index contributed by atoms with van der Waals surface area (Å²) in [5.74, 6) is -2.24. The van der Waals surface area contributed by atoms with Gasteiger partial charge in [-0.2, -0.15) is 9.13 Å². The van der Waals surface area contributed by atoms with Crippen LogP contribution in [0, 0.1) is 0 Å². The quantitative estimate of drug-likeness (QED) is 0.462. The molecule has 2 heterocycles. The molecule has 0 fully saturated rings. The van der Waals surface area contributed by atoms with Crippen molar-refractivity contribution in [2.45, 2.75) is 25.4 Å². The highest BCUT2D eigenvalue weighted by atomic mass is 31.2. The normalized spacial score (nSPS) is 15.1. The van der Waals surface area contributed by atoms with Crippen molar-refractivity contribution in [1.29, 1.82) is 0 Å². The number of hydrogen-bond donors (Lipinski definition) is 4. The van der Waals surface area contributed by atoms with Crippen molar-refractivity contribution in [3.8, 4) is 11.4 Å². The molecule has 0 amide bonds. The van der Waals surface area contributed by atoms with Gasteiger partial charge in [0.1, 0.15) is 0 Å². The van der Waals surface area contributed by atoms with Gasteiger partial charge < -0.3 is 19.6 Å². The zero-order chi connectivity index (χ0) is 18.1. The van der Waals surface area contributed by atoms with Crippen LogP contribution in [0.1, 0.15) is 25.4 Å². The first kappa shape index (κ1) is 18.9. The van der Waals surface area contributed by atoms with E-state index in [9.17, 15) is 28.7 Å². The van der Waals surface area contributed by atoms with E-state index < -0.39 is 26.8 Å². The highest BCUT2D eigenvalue weighted by molar-refractivity contribution is 7.51. The maximum atomic E-state index is 11.6. The van der Waals surface area contributed by atoms with Crippen molar-refractivity contribution in [3.05, 3.63) is 48.8 Å². The number of rotatable bonds is 5. The Balaban J connectivity index is 2.68. The molecule has 0 spiro atoms. The van der Waals surface area contributed by atoms with Gasteiger partial charge in [-0.15, -0.1) is 0 Å². The van der Waals surface area contributed by atoms with Crippen molar-refractivity contribution >= 4 is 15.2 Å². The second kappa shape index (κ2) is 6.84. The van der Waals surface area contributed by atoms with E-state index in [0.717, 1.165) is 0 Å². The molecule has 4 N–H and O–H groups in total. The smallest absolute Gasteiger partial charge is 0.320 e. The maximum Gasteiger partial charge on any atom is 0.392 e. The lowest BCUT2D eigenvalue weighted by atomic mass is 10.2. The predicted molar refractivity (Wildman–Crippen MR) is 85.8 cm³/mol. The fourth-order valence-corrected chi connectivity index (χ4v) is 3.37. The first-order chi connectivity index (χ1) is 11.0. The lowest BCUT2D eigenvalue weighted by Gasteiger charge is -2.14. The molecular weight excluding hydrogens is 354 g/mol. The third-order valence-corrected chi connectivity index (χ3v) is 6.27. The van der Waals surface area contributed by atoms with E-state index in [0.29, 0.717) is 11.4 Å². The monoisotopic (exact) mass is 374 g/mol. The fraction of sp³-hybridized carbons (Fsp3) is 0.286. The number of hydrogen-bond acceptors (Lipinski definition) is 2. The molecule has 0 aliphatic rings. The van der Waals surface area contributed by atoms with Crippen molar-refractivity contribution in [2.24, 2.45) is 0 Å². The molecular formula is C14H20N2O6P2+2. The van der Waals surface area contributed by atoms with Crippen molar-refractivity contribution in [1.82, 2.24) is 0 Å². The molecule has 0 radical (unpaired) electrons. The third-order valence-electron chi connectivity index (χ3n) is 3.82. The van der Waals surface area contributed by atoms with Gasteiger partial charge in [0, 0.05) is 38.1 Å². The van der Waals surface area contributed by atoms with E-state index in [1.54, 1.807) is 36.4 Å². The van der Waals surface area contributed by atoms with Gasteiger partial charge in [0.15, 0.2) is 12.4 Å². The lowest BCUT2D eigenvalue weighted by Crippen LogP contribution is -2.46. The topological polar surface area (TPSA) is 123 Å². The Kier molecular flexibility index (Phi) is 5.40. The largest absolute Gasteiger partial charge is 0.392 e. The van der Waals surface area contributed by atoms with Crippen LogP contribution in [0.25, 0.3) is 11.4 Å². The van der Waals surface area contributed by atoms with Crippen LogP contribution in [0.3, 0.4) is 0 Å². The lowest BCUT2D eigenvalue weighted by molar-refractivity contribution is -0.719.